The van der Waals surface area contributed by atoms with Crippen molar-refractivity contribution in [3.05, 3.63) is 63.8 Å². The van der Waals surface area contributed by atoms with Crippen molar-refractivity contribution in [2.75, 3.05) is 0 Å². The van der Waals surface area contributed by atoms with Gasteiger partial charge in [-0.05, 0) is 62.4 Å². The summed E-state index contributed by atoms with van der Waals surface area (Å²) in [5.74, 6) is -1.98. The van der Waals surface area contributed by atoms with Gasteiger partial charge < -0.3 is 10.2 Å². The van der Waals surface area contributed by atoms with Crippen molar-refractivity contribution in [3.63, 3.8) is 0 Å². The van der Waals surface area contributed by atoms with Gasteiger partial charge in [-0.3, -0.25) is 14.2 Å². The highest BCUT2D eigenvalue weighted by atomic mass is 35.5. The lowest BCUT2D eigenvalue weighted by Crippen LogP contribution is -2.27. The van der Waals surface area contributed by atoms with E-state index in [0.29, 0.717) is 27.7 Å². The second-order valence-corrected chi connectivity index (χ2v) is 8.24. The number of fused-ring (bicyclic) bond motifs is 1. The number of aromatic hydroxyl groups is 1. The zero-order chi connectivity index (χ0) is 20.9. The smallest absolute Gasteiger partial charge is 0.311 e. The first-order chi connectivity index (χ1) is 13.8. The molecule has 0 aliphatic heterocycles. The number of aliphatic carboxylic acids is 1. The first-order valence-electron chi connectivity index (χ1n) is 9.67. The van der Waals surface area contributed by atoms with Gasteiger partial charge in [0.25, 0.3) is 5.91 Å². The van der Waals surface area contributed by atoms with E-state index in [1.165, 1.54) is 16.7 Å². The molecule has 29 heavy (non-hydrogen) atoms. The lowest BCUT2D eigenvalue weighted by atomic mass is 9.72. The monoisotopic (exact) mass is 411 g/mol. The van der Waals surface area contributed by atoms with Gasteiger partial charge in [-0.15, -0.1) is 0 Å². The van der Waals surface area contributed by atoms with Gasteiger partial charge in [-0.1, -0.05) is 35.7 Å². The zero-order valence-electron chi connectivity index (χ0n) is 16.3. The lowest BCUT2D eigenvalue weighted by molar-refractivity contribution is -0.141. The molecule has 1 saturated carbocycles. The lowest BCUT2D eigenvalue weighted by Gasteiger charge is -2.31. The van der Waals surface area contributed by atoms with Crippen molar-refractivity contribution < 1.29 is 19.8 Å². The van der Waals surface area contributed by atoms with Crippen LogP contribution in [0.4, 0.5) is 0 Å². The van der Waals surface area contributed by atoms with E-state index >= 15 is 0 Å². The summed E-state index contributed by atoms with van der Waals surface area (Å²) in [6, 6.07) is 10.3. The van der Waals surface area contributed by atoms with E-state index in [1.54, 1.807) is 19.1 Å². The van der Waals surface area contributed by atoms with Crippen LogP contribution in [0, 0.1) is 19.8 Å². The van der Waals surface area contributed by atoms with Crippen LogP contribution in [-0.2, 0) is 4.79 Å². The zero-order valence-corrected chi connectivity index (χ0v) is 17.0. The summed E-state index contributed by atoms with van der Waals surface area (Å²) in [5, 5.41) is 20.8. The molecule has 1 unspecified atom stereocenters. The molecule has 2 aromatic carbocycles. The molecular formula is C23H22ClNO4. The summed E-state index contributed by atoms with van der Waals surface area (Å²) in [6.45, 7) is 3.71. The molecule has 0 amide bonds. The number of carboxylic acids is 1. The van der Waals surface area contributed by atoms with Crippen LogP contribution in [0.1, 0.15) is 52.4 Å². The SMILES string of the molecule is Cc1ccc(C(=O)n2c(C)c(C(C(=O)O)C3CCC3)c3cc(O)c(Cl)cc32)cc1. The predicted molar refractivity (Wildman–Crippen MR) is 112 cm³/mol. The van der Waals surface area contributed by atoms with Crippen molar-refractivity contribution in [1.82, 2.24) is 4.57 Å². The largest absolute Gasteiger partial charge is 0.506 e. The maximum atomic E-state index is 13.4. The minimum Gasteiger partial charge on any atom is -0.506 e. The third kappa shape index (κ3) is 3.19. The topological polar surface area (TPSA) is 79.5 Å². The van der Waals surface area contributed by atoms with Crippen molar-refractivity contribution in [2.24, 2.45) is 5.92 Å². The van der Waals surface area contributed by atoms with Crippen LogP contribution in [0.3, 0.4) is 0 Å². The Hall–Kier alpha value is -2.79. The molecule has 1 atom stereocenters. The number of hydrogen-bond acceptors (Lipinski definition) is 3. The van der Waals surface area contributed by atoms with Gasteiger partial charge in [-0.25, -0.2) is 0 Å². The summed E-state index contributed by atoms with van der Waals surface area (Å²) < 4.78 is 1.52. The van der Waals surface area contributed by atoms with E-state index in [4.69, 9.17) is 11.6 Å². The maximum Gasteiger partial charge on any atom is 0.311 e. The first kappa shape index (κ1) is 19.5. The van der Waals surface area contributed by atoms with Crippen LogP contribution in [0.2, 0.25) is 5.02 Å². The van der Waals surface area contributed by atoms with Gasteiger partial charge in [0.05, 0.1) is 16.5 Å². The van der Waals surface area contributed by atoms with Crippen LogP contribution in [0.5, 0.6) is 5.75 Å². The molecule has 0 saturated heterocycles. The summed E-state index contributed by atoms with van der Waals surface area (Å²) >= 11 is 6.14. The molecule has 0 bridgehead atoms. The molecule has 5 nitrogen and oxygen atoms in total. The summed E-state index contributed by atoms with van der Waals surface area (Å²) in [7, 11) is 0. The van der Waals surface area contributed by atoms with E-state index in [1.807, 2.05) is 19.1 Å². The van der Waals surface area contributed by atoms with E-state index in [0.717, 1.165) is 24.8 Å². The van der Waals surface area contributed by atoms with Gasteiger partial charge in [0.2, 0.25) is 0 Å². The minimum absolute atomic E-state index is 0.0255. The molecule has 1 aliphatic carbocycles. The molecule has 0 radical (unpaired) electrons. The fourth-order valence-corrected chi connectivity index (χ4v) is 4.42. The number of aryl methyl sites for hydroxylation is 1. The molecule has 150 valence electrons. The highest BCUT2D eigenvalue weighted by molar-refractivity contribution is 6.33. The van der Waals surface area contributed by atoms with Crippen LogP contribution in [0.25, 0.3) is 10.9 Å². The fourth-order valence-electron chi connectivity index (χ4n) is 4.26. The van der Waals surface area contributed by atoms with Gasteiger partial charge in [0, 0.05) is 16.6 Å². The standard InChI is InChI=1S/C23H22ClNO4/c1-12-6-8-15(9-7-12)22(27)25-13(2)20(21(23(28)29)14-4-3-5-14)16-10-19(26)17(24)11-18(16)25/h6-11,14,21,26H,3-5H2,1-2H3,(H,28,29). The average molecular weight is 412 g/mol. The number of carbonyl (C=O) groups excluding carboxylic acids is 1. The summed E-state index contributed by atoms with van der Waals surface area (Å²) in [5.41, 5.74) is 3.22. The summed E-state index contributed by atoms with van der Waals surface area (Å²) in [4.78, 5) is 25.5. The van der Waals surface area contributed by atoms with E-state index < -0.39 is 11.9 Å². The minimum atomic E-state index is -0.908. The molecule has 3 aromatic rings. The van der Waals surface area contributed by atoms with Gasteiger partial charge >= 0.3 is 5.97 Å². The van der Waals surface area contributed by atoms with Crippen molar-refractivity contribution in [1.29, 1.82) is 0 Å². The number of carboxylic acid groups (broad SMARTS) is 1. The Labute approximate surface area is 173 Å². The third-order valence-corrected chi connectivity index (χ3v) is 6.32. The fraction of sp³-hybridized carbons (Fsp3) is 0.304. The predicted octanol–water partition coefficient (Wildman–Crippen LogP) is 5.27. The quantitative estimate of drug-likeness (QED) is 0.612. The summed E-state index contributed by atoms with van der Waals surface area (Å²) in [6.07, 6.45) is 2.69. The molecule has 1 heterocycles. The van der Waals surface area contributed by atoms with Crippen LogP contribution in [-0.4, -0.2) is 26.7 Å². The second kappa shape index (κ2) is 7.23. The van der Waals surface area contributed by atoms with Crippen molar-refractivity contribution >= 4 is 34.4 Å². The van der Waals surface area contributed by atoms with Crippen LogP contribution < -0.4 is 0 Å². The van der Waals surface area contributed by atoms with Crippen molar-refractivity contribution in [3.8, 4) is 5.75 Å². The second-order valence-electron chi connectivity index (χ2n) is 7.83. The number of halogens is 1. The first-order valence-corrected chi connectivity index (χ1v) is 10.0. The van der Waals surface area contributed by atoms with Crippen molar-refractivity contribution in [2.45, 2.75) is 39.0 Å². The Balaban J connectivity index is 1.98. The highest BCUT2D eigenvalue weighted by Gasteiger charge is 2.38. The Morgan fingerprint density at radius 3 is 2.34 bits per heavy atom. The molecular weight excluding hydrogens is 390 g/mol. The van der Waals surface area contributed by atoms with Gasteiger partial charge in [-0.2, -0.15) is 0 Å². The normalized spacial score (nSPS) is 15.3. The Bertz CT molecular complexity index is 1130. The number of aromatic nitrogens is 1. The van der Waals surface area contributed by atoms with E-state index in [-0.39, 0.29) is 22.6 Å². The Morgan fingerprint density at radius 1 is 1.14 bits per heavy atom. The van der Waals surface area contributed by atoms with Gasteiger partial charge in [0.1, 0.15) is 5.75 Å². The Kier molecular flexibility index (Phi) is 4.87. The number of rotatable bonds is 4. The number of phenols is 1. The molecule has 4 rings (SSSR count). The molecule has 2 N–H and O–H groups in total. The molecule has 1 aromatic heterocycles. The number of hydrogen-bond donors (Lipinski definition) is 2. The number of carbonyl (C=O) groups is 2. The number of benzene rings is 2. The average Bonchev–Trinajstić information content (AvgIpc) is 2.89. The Morgan fingerprint density at radius 2 is 1.79 bits per heavy atom. The van der Waals surface area contributed by atoms with E-state index in [9.17, 15) is 19.8 Å². The van der Waals surface area contributed by atoms with E-state index in [2.05, 4.69) is 0 Å². The van der Waals surface area contributed by atoms with Crippen LogP contribution in [0.15, 0.2) is 36.4 Å². The maximum absolute atomic E-state index is 13.4. The number of phenolic OH excluding ortho intramolecular Hbond substituents is 1. The molecule has 1 fully saturated rings. The third-order valence-electron chi connectivity index (χ3n) is 6.02. The van der Waals surface area contributed by atoms with Gasteiger partial charge in [0.15, 0.2) is 0 Å². The molecule has 6 heteroatoms. The highest BCUT2D eigenvalue weighted by Crippen LogP contribution is 2.45. The number of nitrogens with zero attached hydrogens (tertiary/aromatic N) is 1. The molecule has 1 aliphatic rings. The molecule has 0 spiro atoms. The van der Waals surface area contributed by atoms with Crippen LogP contribution >= 0.6 is 11.6 Å².